The van der Waals surface area contributed by atoms with E-state index < -0.39 is 10.0 Å². The fraction of sp³-hybridized carbons (Fsp3) is 0.600. The van der Waals surface area contributed by atoms with Gasteiger partial charge in [-0.2, -0.15) is 0 Å². The molecule has 1 fully saturated rings. The fourth-order valence-corrected chi connectivity index (χ4v) is 3.80. The quantitative estimate of drug-likeness (QED) is 0.864. The Hall–Kier alpha value is -0.950. The largest absolute Gasteiger partial charge is 0.381 e. The molecular formula is C15H24N2O3S. The van der Waals surface area contributed by atoms with Gasteiger partial charge in [0.15, 0.2) is 0 Å². The van der Waals surface area contributed by atoms with Crippen LogP contribution < -0.4 is 5.32 Å². The van der Waals surface area contributed by atoms with E-state index in [-0.39, 0.29) is 0 Å². The number of rotatable bonds is 6. The van der Waals surface area contributed by atoms with Crippen LogP contribution in [0.25, 0.3) is 0 Å². The zero-order valence-electron chi connectivity index (χ0n) is 12.7. The van der Waals surface area contributed by atoms with Gasteiger partial charge in [0.25, 0.3) is 0 Å². The minimum atomic E-state index is -3.40. The van der Waals surface area contributed by atoms with E-state index in [1.165, 1.54) is 4.31 Å². The van der Waals surface area contributed by atoms with Crippen molar-refractivity contribution in [2.75, 3.05) is 33.9 Å². The lowest BCUT2D eigenvalue weighted by Gasteiger charge is -2.26. The van der Waals surface area contributed by atoms with Crippen molar-refractivity contribution in [1.82, 2.24) is 9.62 Å². The zero-order valence-corrected chi connectivity index (χ0v) is 13.5. The lowest BCUT2D eigenvalue weighted by atomic mass is 10.0. The van der Waals surface area contributed by atoms with Crippen LogP contribution in [-0.2, 0) is 21.3 Å². The Morgan fingerprint density at radius 3 is 2.43 bits per heavy atom. The van der Waals surface area contributed by atoms with Gasteiger partial charge in [0.2, 0.25) is 10.0 Å². The van der Waals surface area contributed by atoms with Crippen LogP contribution in [0.4, 0.5) is 0 Å². The average molecular weight is 312 g/mol. The van der Waals surface area contributed by atoms with Crippen LogP contribution in [0.2, 0.25) is 0 Å². The lowest BCUT2D eigenvalue weighted by molar-refractivity contribution is 0.0620. The molecule has 2 rings (SSSR count). The Morgan fingerprint density at radius 2 is 1.86 bits per heavy atom. The predicted molar refractivity (Wildman–Crippen MR) is 82.6 cm³/mol. The maximum Gasteiger partial charge on any atom is 0.242 e. The number of hydrogen-bond donors (Lipinski definition) is 1. The molecule has 5 nitrogen and oxygen atoms in total. The summed E-state index contributed by atoms with van der Waals surface area (Å²) >= 11 is 0. The maximum atomic E-state index is 12.6. The van der Waals surface area contributed by atoms with Crippen LogP contribution in [0.5, 0.6) is 0 Å². The number of nitrogens with zero attached hydrogens (tertiary/aromatic N) is 1. The highest BCUT2D eigenvalue weighted by Gasteiger charge is 2.24. The van der Waals surface area contributed by atoms with Gasteiger partial charge in [-0.3, -0.25) is 0 Å². The molecular weight excluding hydrogens is 288 g/mol. The second-order valence-corrected chi connectivity index (χ2v) is 7.56. The third-order valence-corrected chi connectivity index (χ3v) is 5.71. The number of sulfonamides is 1. The smallest absolute Gasteiger partial charge is 0.242 e. The summed E-state index contributed by atoms with van der Waals surface area (Å²) in [6.07, 6.45) is 1.86. The molecule has 0 unspecified atom stereocenters. The summed E-state index contributed by atoms with van der Waals surface area (Å²) in [7, 11) is 0.128. The summed E-state index contributed by atoms with van der Waals surface area (Å²) in [5.74, 6) is 0.391. The van der Waals surface area contributed by atoms with Gasteiger partial charge < -0.3 is 10.1 Å². The highest BCUT2D eigenvalue weighted by atomic mass is 32.2. The van der Waals surface area contributed by atoms with Crippen molar-refractivity contribution in [2.45, 2.75) is 24.3 Å². The molecule has 1 aromatic carbocycles. The molecule has 118 valence electrons. The van der Waals surface area contributed by atoms with E-state index in [1.54, 1.807) is 19.2 Å². The van der Waals surface area contributed by atoms with E-state index in [2.05, 4.69) is 5.32 Å². The van der Waals surface area contributed by atoms with Crippen LogP contribution in [0.1, 0.15) is 18.4 Å². The Balaban J connectivity index is 2.05. The Kier molecular flexibility index (Phi) is 5.75. The number of hydrogen-bond acceptors (Lipinski definition) is 4. The molecule has 0 saturated carbocycles. The van der Waals surface area contributed by atoms with E-state index in [9.17, 15) is 8.42 Å². The molecule has 1 aliphatic heterocycles. The van der Waals surface area contributed by atoms with Gasteiger partial charge in [-0.1, -0.05) is 12.1 Å². The SMILES string of the molecule is CNCc1ccc(S(=O)(=O)N(C)CC2CCOCC2)cc1. The first-order valence-electron chi connectivity index (χ1n) is 7.31. The molecule has 1 saturated heterocycles. The van der Waals surface area contributed by atoms with Crippen LogP contribution in [-0.4, -0.2) is 46.6 Å². The van der Waals surface area contributed by atoms with Gasteiger partial charge in [-0.15, -0.1) is 0 Å². The molecule has 0 bridgehead atoms. The fourth-order valence-electron chi connectivity index (χ4n) is 2.55. The second-order valence-electron chi connectivity index (χ2n) is 5.52. The predicted octanol–water partition coefficient (Wildman–Crippen LogP) is 1.45. The average Bonchev–Trinajstić information content (AvgIpc) is 2.49. The highest BCUT2D eigenvalue weighted by Crippen LogP contribution is 2.20. The van der Waals surface area contributed by atoms with Gasteiger partial charge in [0.05, 0.1) is 4.90 Å². The third-order valence-electron chi connectivity index (χ3n) is 3.87. The van der Waals surface area contributed by atoms with Crippen LogP contribution in [0, 0.1) is 5.92 Å². The molecule has 1 heterocycles. The molecule has 0 aromatic heterocycles. The Labute approximate surface area is 127 Å². The standard InChI is InChI=1S/C15H24N2O3S/c1-16-11-13-3-5-15(6-4-13)21(18,19)17(2)12-14-7-9-20-10-8-14/h3-6,14,16H,7-12H2,1-2H3. The van der Waals surface area contributed by atoms with E-state index in [0.29, 0.717) is 17.4 Å². The van der Waals surface area contributed by atoms with Crippen molar-refractivity contribution in [3.05, 3.63) is 29.8 Å². The van der Waals surface area contributed by atoms with E-state index in [0.717, 1.165) is 38.2 Å². The van der Waals surface area contributed by atoms with Crippen molar-refractivity contribution in [3.63, 3.8) is 0 Å². The van der Waals surface area contributed by atoms with E-state index in [4.69, 9.17) is 4.74 Å². The summed E-state index contributed by atoms with van der Waals surface area (Å²) in [5.41, 5.74) is 1.07. The topological polar surface area (TPSA) is 58.6 Å². The summed E-state index contributed by atoms with van der Waals surface area (Å²) in [4.78, 5) is 0.358. The molecule has 0 amide bonds. The molecule has 1 N–H and O–H groups in total. The summed E-state index contributed by atoms with van der Waals surface area (Å²) in [6, 6.07) is 7.07. The molecule has 0 spiro atoms. The first kappa shape index (κ1) is 16.4. The van der Waals surface area contributed by atoms with Gasteiger partial charge >= 0.3 is 0 Å². The Morgan fingerprint density at radius 1 is 1.24 bits per heavy atom. The third kappa shape index (κ3) is 4.26. The maximum absolute atomic E-state index is 12.6. The van der Waals surface area contributed by atoms with Gasteiger partial charge in [-0.25, -0.2) is 12.7 Å². The molecule has 1 aromatic rings. The van der Waals surface area contributed by atoms with Crippen molar-refractivity contribution in [1.29, 1.82) is 0 Å². The van der Waals surface area contributed by atoms with Crippen molar-refractivity contribution in [3.8, 4) is 0 Å². The Bertz CT molecular complexity index is 537. The highest BCUT2D eigenvalue weighted by molar-refractivity contribution is 7.89. The van der Waals surface area contributed by atoms with Crippen molar-refractivity contribution in [2.24, 2.45) is 5.92 Å². The van der Waals surface area contributed by atoms with Gasteiger partial charge in [0, 0.05) is 33.4 Å². The second kappa shape index (κ2) is 7.35. The van der Waals surface area contributed by atoms with Crippen molar-refractivity contribution >= 4 is 10.0 Å². The van der Waals surface area contributed by atoms with Crippen LogP contribution in [0.3, 0.4) is 0 Å². The lowest BCUT2D eigenvalue weighted by Crippen LogP contribution is -2.34. The number of nitrogens with one attached hydrogen (secondary N) is 1. The number of ether oxygens (including phenoxy) is 1. The molecule has 0 atom stereocenters. The molecule has 1 aliphatic rings. The normalized spacial score (nSPS) is 17.3. The molecule has 21 heavy (non-hydrogen) atoms. The number of benzene rings is 1. The molecule has 6 heteroatoms. The monoisotopic (exact) mass is 312 g/mol. The first-order valence-corrected chi connectivity index (χ1v) is 8.75. The van der Waals surface area contributed by atoms with Crippen molar-refractivity contribution < 1.29 is 13.2 Å². The summed E-state index contributed by atoms with van der Waals surface area (Å²) in [6.45, 7) is 2.76. The molecule has 0 aliphatic carbocycles. The van der Waals surface area contributed by atoms with Gasteiger partial charge in [0.1, 0.15) is 0 Å². The summed E-state index contributed by atoms with van der Waals surface area (Å²) < 4.78 is 31.9. The first-order chi connectivity index (χ1) is 10.0. The van der Waals surface area contributed by atoms with Gasteiger partial charge in [-0.05, 0) is 43.5 Å². The minimum Gasteiger partial charge on any atom is -0.381 e. The van der Waals surface area contributed by atoms with E-state index in [1.807, 2.05) is 19.2 Å². The summed E-state index contributed by atoms with van der Waals surface area (Å²) in [5, 5.41) is 3.05. The zero-order chi connectivity index (χ0) is 15.3. The van der Waals surface area contributed by atoms with Crippen LogP contribution in [0.15, 0.2) is 29.2 Å². The molecule has 0 radical (unpaired) electrons. The van der Waals surface area contributed by atoms with E-state index >= 15 is 0 Å². The van der Waals surface area contributed by atoms with Crippen LogP contribution >= 0.6 is 0 Å². The minimum absolute atomic E-state index is 0.358.